The van der Waals surface area contributed by atoms with Gasteiger partial charge >= 0.3 is 11.9 Å². The molecule has 0 aliphatic heterocycles. The Morgan fingerprint density at radius 1 is 0.809 bits per heavy atom. The lowest BCUT2D eigenvalue weighted by atomic mass is 9.89. The fraction of sp³-hybridized carbons (Fsp3) is 0.463. The molecule has 3 aromatic rings. The summed E-state index contributed by atoms with van der Waals surface area (Å²) in [6.45, 7) is 10.6. The molecule has 1 aliphatic rings. The van der Waals surface area contributed by atoms with Crippen LogP contribution >= 0.6 is 0 Å². The fourth-order valence-electron chi connectivity index (χ4n) is 6.18. The molecule has 0 saturated heterocycles. The van der Waals surface area contributed by atoms with Gasteiger partial charge in [0.1, 0.15) is 12.2 Å². The van der Waals surface area contributed by atoms with Crippen molar-refractivity contribution in [1.82, 2.24) is 0 Å². The molecule has 1 N–H and O–H groups in total. The van der Waals surface area contributed by atoms with E-state index in [1.807, 2.05) is 42.5 Å². The monoisotopic (exact) mass is 654 g/mol. The number of rotatable bonds is 17. The number of hydrogen-bond acceptors (Lipinski definition) is 4. The third-order valence-corrected chi connectivity index (χ3v) is 14.5. The standard InChI is InChI=1S/C41H54O5Si/c1-41(2,3)47(4,5)46-38(39(42)43)24-14-8-13-23-36-34(22-16-15-19-31-17-9-6-10-18-31)29-30-37(36)45-40(44)35-27-25-33(26-28-35)32-20-11-7-12-21-32/h6-7,9-12,17-18,20-21,25-29,36-38H,8,13-16,19,22-24,30H2,1-5H3,(H,42,43)/t36-,37+,38?/m1/s1. The van der Waals surface area contributed by atoms with E-state index in [9.17, 15) is 14.7 Å². The van der Waals surface area contributed by atoms with Crippen LogP contribution in [0.4, 0.5) is 0 Å². The molecule has 1 unspecified atom stereocenters. The number of aliphatic carboxylic acids is 1. The van der Waals surface area contributed by atoms with Crippen LogP contribution in [0.1, 0.15) is 94.5 Å². The summed E-state index contributed by atoms with van der Waals surface area (Å²) in [6.07, 6.45) is 10.5. The zero-order valence-corrected chi connectivity index (χ0v) is 30.0. The first kappa shape index (κ1) is 36.4. The number of hydrogen-bond donors (Lipinski definition) is 1. The summed E-state index contributed by atoms with van der Waals surface area (Å²) in [7, 11) is -2.18. The van der Waals surface area contributed by atoms with Crippen LogP contribution in [-0.2, 0) is 20.4 Å². The molecule has 0 radical (unpaired) electrons. The van der Waals surface area contributed by atoms with Crippen molar-refractivity contribution in [3.05, 3.63) is 108 Å². The van der Waals surface area contributed by atoms with Crippen molar-refractivity contribution in [3.8, 4) is 11.1 Å². The molecule has 0 bridgehead atoms. The van der Waals surface area contributed by atoms with Crippen molar-refractivity contribution < 1.29 is 23.9 Å². The molecule has 4 rings (SSSR count). The number of carboxylic acids is 1. The van der Waals surface area contributed by atoms with Gasteiger partial charge in [0.05, 0.1) is 5.56 Å². The van der Waals surface area contributed by atoms with E-state index in [1.165, 1.54) is 11.1 Å². The number of ether oxygens (including phenoxy) is 1. The van der Waals surface area contributed by atoms with Gasteiger partial charge in [-0.3, -0.25) is 0 Å². The Bertz CT molecular complexity index is 1440. The van der Waals surface area contributed by atoms with Crippen molar-refractivity contribution in [2.24, 2.45) is 5.92 Å². The largest absolute Gasteiger partial charge is 0.479 e. The Morgan fingerprint density at radius 2 is 1.43 bits per heavy atom. The zero-order chi connectivity index (χ0) is 33.9. The van der Waals surface area contributed by atoms with Gasteiger partial charge in [0.15, 0.2) is 8.32 Å². The van der Waals surface area contributed by atoms with E-state index in [4.69, 9.17) is 9.16 Å². The van der Waals surface area contributed by atoms with Gasteiger partial charge in [-0.15, -0.1) is 0 Å². The van der Waals surface area contributed by atoms with Crippen molar-refractivity contribution in [3.63, 3.8) is 0 Å². The minimum absolute atomic E-state index is 0.0383. The number of carboxylic acid groups (broad SMARTS) is 1. The third kappa shape index (κ3) is 10.8. The van der Waals surface area contributed by atoms with E-state index < -0.39 is 20.4 Å². The third-order valence-electron chi connectivity index (χ3n) is 10.0. The molecule has 3 aromatic carbocycles. The van der Waals surface area contributed by atoms with Crippen LogP contribution in [0.3, 0.4) is 0 Å². The van der Waals surface area contributed by atoms with Gasteiger partial charge in [0.2, 0.25) is 0 Å². The maximum atomic E-state index is 13.3. The highest BCUT2D eigenvalue weighted by atomic mass is 28.4. The van der Waals surface area contributed by atoms with Crippen LogP contribution < -0.4 is 0 Å². The molecule has 6 heteroatoms. The molecule has 0 saturated carbocycles. The van der Waals surface area contributed by atoms with E-state index in [0.717, 1.165) is 68.9 Å². The molecule has 0 spiro atoms. The second-order valence-electron chi connectivity index (χ2n) is 14.5. The van der Waals surface area contributed by atoms with Gasteiger partial charge in [-0.05, 0) is 85.5 Å². The van der Waals surface area contributed by atoms with Crippen LogP contribution in [0, 0.1) is 5.92 Å². The SMILES string of the molecule is CC(C)(C)[Si](C)(C)OC(CCCCC[C@@H]1C(CCCCc2ccccc2)=CC[C@@H]1OC(=O)c1ccc(-c2ccccc2)cc1)C(=O)O. The first-order valence-electron chi connectivity index (χ1n) is 17.4. The van der Waals surface area contributed by atoms with Crippen LogP contribution in [-0.4, -0.2) is 37.6 Å². The molecule has 3 atom stereocenters. The lowest BCUT2D eigenvalue weighted by Crippen LogP contribution is -2.46. The lowest BCUT2D eigenvalue weighted by Gasteiger charge is -2.38. The Morgan fingerprint density at radius 3 is 2.06 bits per heavy atom. The van der Waals surface area contributed by atoms with E-state index in [-0.39, 0.29) is 23.0 Å². The van der Waals surface area contributed by atoms with Gasteiger partial charge in [-0.1, -0.05) is 124 Å². The van der Waals surface area contributed by atoms with E-state index in [0.29, 0.717) is 12.0 Å². The summed E-state index contributed by atoms with van der Waals surface area (Å²) >= 11 is 0. The Labute approximate surface area is 283 Å². The van der Waals surface area contributed by atoms with E-state index in [1.54, 1.807) is 0 Å². The number of carbonyl (C=O) groups excluding carboxylic acids is 1. The van der Waals surface area contributed by atoms with Gasteiger partial charge in [-0.25, -0.2) is 9.59 Å². The van der Waals surface area contributed by atoms with Crippen molar-refractivity contribution in [2.75, 3.05) is 0 Å². The molecular formula is C41H54O5Si. The Kier molecular flexibility index (Phi) is 13.2. The average Bonchev–Trinajstić information content (AvgIpc) is 3.43. The highest BCUT2D eigenvalue weighted by Gasteiger charge is 2.40. The number of benzene rings is 3. The maximum Gasteiger partial charge on any atom is 0.338 e. The van der Waals surface area contributed by atoms with Gasteiger partial charge < -0.3 is 14.3 Å². The second kappa shape index (κ2) is 17.1. The van der Waals surface area contributed by atoms with Crippen molar-refractivity contribution >= 4 is 20.3 Å². The number of aryl methyl sites for hydroxylation is 1. The minimum atomic E-state index is -2.18. The molecule has 0 aromatic heterocycles. The highest BCUT2D eigenvalue weighted by molar-refractivity contribution is 6.74. The number of unbranched alkanes of at least 4 members (excludes halogenated alkanes) is 3. The van der Waals surface area contributed by atoms with Crippen LogP contribution in [0.2, 0.25) is 18.1 Å². The van der Waals surface area contributed by atoms with Crippen molar-refractivity contribution in [2.45, 2.75) is 115 Å². The van der Waals surface area contributed by atoms with E-state index in [2.05, 4.69) is 82.4 Å². The van der Waals surface area contributed by atoms with Gasteiger partial charge in [-0.2, -0.15) is 0 Å². The van der Waals surface area contributed by atoms with E-state index >= 15 is 0 Å². The highest BCUT2D eigenvalue weighted by Crippen LogP contribution is 2.39. The summed E-state index contributed by atoms with van der Waals surface area (Å²) in [4.78, 5) is 25.3. The normalized spacial score (nSPS) is 17.3. The summed E-state index contributed by atoms with van der Waals surface area (Å²) in [6, 6.07) is 28.4. The molecule has 252 valence electrons. The molecule has 1 aliphatic carbocycles. The molecular weight excluding hydrogens is 601 g/mol. The lowest BCUT2D eigenvalue weighted by molar-refractivity contribution is -0.146. The summed E-state index contributed by atoms with van der Waals surface area (Å²) < 4.78 is 12.4. The van der Waals surface area contributed by atoms with Crippen LogP contribution in [0.25, 0.3) is 11.1 Å². The first-order valence-corrected chi connectivity index (χ1v) is 20.4. The molecule has 5 nitrogen and oxygen atoms in total. The average molecular weight is 655 g/mol. The Hall–Kier alpha value is -3.48. The minimum Gasteiger partial charge on any atom is -0.479 e. The van der Waals surface area contributed by atoms with Crippen molar-refractivity contribution in [1.29, 1.82) is 0 Å². The topological polar surface area (TPSA) is 72.8 Å². The maximum absolute atomic E-state index is 13.3. The van der Waals surface area contributed by atoms with Crippen LogP contribution in [0.15, 0.2) is 96.6 Å². The predicted molar refractivity (Wildman–Crippen MR) is 194 cm³/mol. The summed E-state index contributed by atoms with van der Waals surface area (Å²) in [5.41, 5.74) is 5.53. The summed E-state index contributed by atoms with van der Waals surface area (Å²) in [5, 5.41) is 9.83. The molecule has 0 fully saturated rings. The Balaban J connectivity index is 1.33. The second-order valence-corrected chi connectivity index (χ2v) is 19.3. The predicted octanol–water partition coefficient (Wildman–Crippen LogP) is 10.7. The summed E-state index contributed by atoms with van der Waals surface area (Å²) in [5.74, 6) is -0.946. The molecule has 0 heterocycles. The zero-order valence-electron chi connectivity index (χ0n) is 29.0. The molecule has 0 amide bonds. The van der Waals surface area contributed by atoms with Gasteiger partial charge in [0, 0.05) is 12.3 Å². The van der Waals surface area contributed by atoms with Gasteiger partial charge in [0.25, 0.3) is 0 Å². The van der Waals surface area contributed by atoms with Crippen LogP contribution in [0.5, 0.6) is 0 Å². The quantitative estimate of drug-likeness (QED) is 0.0679. The fourth-order valence-corrected chi connectivity index (χ4v) is 7.47. The number of carbonyl (C=O) groups is 2. The molecule has 47 heavy (non-hydrogen) atoms. The smallest absolute Gasteiger partial charge is 0.338 e. The first-order chi connectivity index (χ1) is 22.4. The number of esters is 1.